The Hall–Kier alpha value is -1.68. The number of hydrogen-bond acceptors (Lipinski definition) is 2. The molecule has 3 nitrogen and oxygen atoms in total. The number of imidazole rings is 1. The van der Waals surface area contributed by atoms with Gasteiger partial charge in [0.25, 0.3) is 0 Å². The van der Waals surface area contributed by atoms with E-state index in [1.54, 1.807) is 0 Å². The van der Waals surface area contributed by atoms with Crippen LogP contribution in [0.15, 0.2) is 47.9 Å². The van der Waals surface area contributed by atoms with E-state index >= 15 is 0 Å². The maximum Gasteiger partial charge on any atom is 0.163 e. The topological polar surface area (TPSA) is 33.6 Å². The zero-order chi connectivity index (χ0) is 10.3. The van der Waals surface area contributed by atoms with Crippen LogP contribution in [0, 0.1) is 0 Å². The minimum absolute atomic E-state index is 0.648. The third-order valence-electron chi connectivity index (χ3n) is 2.36. The molecule has 15 heavy (non-hydrogen) atoms. The molecule has 4 heteroatoms. The van der Waals surface area contributed by atoms with Crippen LogP contribution in [0.1, 0.15) is 0 Å². The number of H-pyrrole nitrogens is 1. The third-order valence-corrected chi connectivity index (χ3v) is 2.57. The largest absolute Gasteiger partial charge is 0.333 e. The highest BCUT2D eigenvalue weighted by Crippen LogP contribution is 2.17. The lowest BCUT2D eigenvalue weighted by Crippen LogP contribution is -1.88. The Morgan fingerprint density at radius 2 is 2.00 bits per heavy atom. The summed E-state index contributed by atoms with van der Waals surface area (Å²) in [5.74, 6) is 0. The summed E-state index contributed by atoms with van der Waals surface area (Å²) < 4.78 is 2.05. The Bertz CT molecular complexity index is 595. The van der Waals surface area contributed by atoms with Crippen LogP contribution < -0.4 is 0 Å². The average Bonchev–Trinajstić information content (AvgIpc) is 2.82. The summed E-state index contributed by atoms with van der Waals surface area (Å²) >= 11 is 4.18. The molecule has 0 saturated heterocycles. The first-order chi connectivity index (χ1) is 7.33. The van der Waals surface area contributed by atoms with Crippen LogP contribution in [0.2, 0.25) is 0 Å². The quantitative estimate of drug-likeness (QED) is 0.601. The van der Waals surface area contributed by atoms with E-state index in [4.69, 9.17) is 0 Å². The monoisotopic (exact) mass is 215 g/mol. The number of rotatable bonds is 1. The highest BCUT2D eigenvalue weighted by molar-refractivity contribution is 7.80. The van der Waals surface area contributed by atoms with E-state index in [0.29, 0.717) is 5.16 Å². The molecule has 1 aromatic carbocycles. The fraction of sp³-hybridized carbons (Fsp3) is 0. The molecule has 74 valence electrons. The lowest BCUT2D eigenvalue weighted by atomic mass is 10.3. The van der Waals surface area contributed by atoms with Crippen molar-refractivity contribution in [3.05, 3.63) is 42.7 Å². The first-order valence-electron chi connectivity index (χ1n) is 4.65. The Morgan fingerprint density at radius 1 is 1.20 bits per heavy atom. The van der Waals surface area contributed by atoms with Crippen molar-refractivity contribution in [1.82, 2.24) is 14.5 Å². The molecule has 2 heterocycles. The number of aromatic nitrogens is 3. The smallest absolute Gasteiger partial charge is 0.163 e. The average molecular weight is 215 g/mol. The van der Waals surface area contributed by atoms with Crippen molar-refractivity contribution < 1.29 is 0 Å². The lowest BCUT2D eigenvalue weighted by molar-refractivity contribution is 1.08. The summed E-state index contributed by atoms with van der Waals surface area (Å²) in [6, 6.07) is 10.1. The number of aromatic amines is 1. The zero-order valence-corrected chi connectivity index (χ0v) is 8.78. The number of benzene rings is 1. The summed E-state index contributed by atoms with van der Waals surface area (Å²) in [6.45, 7) is 0. The van der Waals surface area contributed by atoms with Crippen molar-refractivity contribution in [1.29, 1.82) is 0 Å². The van der Waals surface area contributed by atoms with Gasteiger partial charge < -0.3 is 9.55 Å². The molecule has 0 radical (unpaired) electrons. The predicted octanol–water partition coefficient (Wildman–Crippen LogP) is 2.64. The molecular formula is C11H9N3S. The van der Waals surface area contributed by atoms with Crippen molar-refractivity contribution in [2.45, 2.75) is 5.16 Å². The van der Waals surface area contributed by atoms with Crippen LogP contribution in [0.4, 0.5) is 0 Å². The number of hydrogen-bond donors (Lipinski definition) is 2. The normalized spacial score (nSPS) is 11.0. The standard InChI is InChI=1S/C11H9N3S/c15-11-12-9-4-3-8(7-10(9)13-11)14-5-1-2-6-14/h1-7H,(H2,12,13,15). The van der Waals surface area contributed by atoms with Crippen LogP contribution in [-0.2, 0) is 0 Å². The van der Waals surface area contributed by atoms with Crippen LogP contribution in [0.5, 0.6) is 0 Å². The predicted molar refractivity (Wildman–Crippen MR) is 62.7 cm³/mol. The fourth-order valence-electron chi connectivity index (χ4n) is 1.65. The maximum absolute atomic E-state index is 4.28. The summed E-state index contributed by atoms with van der Waals surface area (Å²) in [5.41, 5.74) is 3.05. The number of fused-ring (bicyclic) bond motifs is 1. The van der Waals surface area contributed by atoms with Gasteiger partial charge in [0.2, 0.25) is 0 Å². The van der Waals surface area contributed by atoms with Gasteiger partial charge in [0, 0.05) is 18.1 Å². The van der Waals surface area contributed by atoms with Gasteiger partial charge in [-0.2, -0.15) is 0 Å². The van der Waals surface area contributed by atoms with Gasteiger partial charge in [-0.3, -0.25) is 0 Å². The third kappa shape index (κ3) is 1.43. The van der Waals surface area contributed by atoms with Gasteiger partial charge in [0.05, 0.1) is 11.0 Å². The molecule has 0 aliphatic rings. The molecule has 0 amide bonds. The Balaban J connectivity index is 2.21. The first kappa shape index (κ1) is 8.61. The minimum atomic E-state index is 0.648. The molecule has 1 N–H and O–H groups in total. The van der Waals surface area contributed by atoms with Crippen molar-refractivity contribution in [2.75, 3.05) is 0 Å². The molecule has 3 aromatic rings. The second kappa shape index (κ2) is 3.17. The Kier molecular flexibility index (Phi) is 1.82. The molecule has 2 aromatic heterocycles. The molecule has 0 saturated carbocycles. The zero-order valence-electron chi connectivity index (χ0n) is 7.88. The summed E-state index contributed by atoms with van der Waals surface area (Å²) in [7, 11) is 0. The highest BCUT2D eigenvalue weighted by Gasteiger charge is 2.01. The number of thiol groups is 1. The van der Waals surface area contributed by atoms with E-state index in [2.05, 4.69) is 22.6 Å². The van der Waals surface area contributed by atoms with Crippen LogP contribution in [0.25, 0.3) is 16.7 Å². The van der Waals surface area contributed by atoms with E-state index in [1.807, 2.05) is 47.3 Å². The van der Waals surface area contributed by atoms with Crippen molar-refractivity contribution >= 4 is 23.7 Å². The maximum atomic E-state index is 4.28. The summed E-state index contributed by atoms with van der Waals surface area (Å²) in [6.07, 6.45) is 4.02. The van der Waals surface area contributed by atoms with Crippen LogP contribution >= 0.6 is 12.6 Å². The molecule has 0 aliphatic heterocycles. The van der Waals surface area contributed by atoms with Gasteiger partial charge in [-0.05, 0) is 30.3 Å². The SMILES string of the molecule is Sc1nc2cc(-n3cccc3)ccc2[nH]1. The molecule has 3 rings (SSSR count). The van der Waals surface area contributed by atoms with E-state index in [9.17, 15) is 0 Å². The van der Waals surface area contributed by atoms with Crippen molar-refractivity contribution in [2.24, 2.45) is 0 Å². The second-order valence-corrected chi connectivity index (χ2v) is 3.78. The molecule has 0 bridgehead atoms. The number of nitrogens with zero attached hydrogens (tertiary/aromatic N) is 2. The molecule has 0 atom stereocenters. The molecule has 0 unspecified atom stereocenters. The van der Waals surface area contributed by atoms with Gasteiger partial charge in [0.15, 0.2) is 5.16 Å². The van der Waals surface area contributed by atoms with Gasteiger partial charge in [-0.25, -0.2) is 4.98 Å². The van der Waals surface area contributed by atoms with E-state index < -0.39 is 0 Å². The van der Waals surface area contributed by atoms with E-state index in [-0.39, 0.29) is 0 Å². The lowest BCUT2D eigenvalue weighted by Gasteiger charge is -2.01. The summed E-state index contributed by atoms with van der Waals surface area (Å²) in [5, 5.41) is 0.648. The molecule has 0 spiro atoms. The van der Waals surface area contributed by atoms with E-state index in [1.165, 1.54) is 0 Å². The van der Waals surface area contributed by atoms with Gasteiger partial charge in [0.1, 0.15) is 0 Å². The van der Waals surface area contributed by atoms with Gasteiger partial charge in [-0.15, -0.1) is 12.6 Å². The van der Waals surface area contributed by atoms with Gasteiger partial charge >= 0.3 is 0 Å². The number of nitrogens with one attached hydrogen (secondary N) is 1. The first-order valence-corrected chi connectivity index (χ1v) is 5.10. The van der Waals surface area contributed by atoms with Gasteiger partial charge in [-0.1, -0.05) is 0 Å². The summed E-state index contributed by atoms with van der Waals surface area (Å²) in [4.78, 5) is 7.35. The van der Waals surface area contributed by atoms with Crippen molar-refractivity contribution in [3.63, 3.8) is 0 Å². The minimum Gasteiger partial charge on any atom is -0.333 e. The van der Waals surface area contributed by atoms with Crippen molar-refractivity contribution in [3.8, 4) is 5.69 Å². The Labute approximate surface area is 92.2 Å². The highest BCUT2D eigenvalue weighted by atomic mass is 32.1. The second-order valence-electron chi connectivity index (χ2n) is 3.35. The van der Waals surface area contributed by atoms with Crippen LogP contribution in [-0.4, -0.2) is 14.5 Å². The molecular weight excluding hydrogens is 206 g/mol. The molecule has 0 fully saturated rings. The van der Waals surface area contributed by atoms with E-state index in [0.717, 1.165) is 16.7 Å². The van der Waals surface area contributed by atoms with Crippen LogP contribution in [0.3, 0.4) is 0 Å². The molecule has 0 aliphatic carbocycles. The Morgan fingerprint density at radius 3 is 2.80 bits per heavy atom. The fourth-order valence-corrected chi connectivity index (χ4v) is 1.88.